The number of ether oxygens (including phenoxy) is 1. The first-order valence-corrected chi connectivity index (χ1v) is 11.2. The van der Waals surface area contributed by atoms with E-state index in [1.54, 1.807) is 0 Å². The summed E-state index contributed by atoms with van der Waals surface area (Å²) in [5, 5.41) is 2.84. The van der Waals surface area contributed by atoms with Crippen molar-refractivity contribution in [2.45, 2.75) is 38.5 Å². The average molecular weight is 417 g/mol. The van der Waals surface area contributed by atoms with Gasteiger partial charge in [0.1, 0.15) is 5.75 Å². The van der Waals surface area contributed by atoms with E-state index in [-0.39, 0.29) is 10.5 Å². The highest BCUT2D eigenvalue weighted by Crippen LogP contribution is 2.28. The van der Waals surface area contributed by atoms with Crippen LogP contribution in [0.2, 0.25) is 0 Å². The van der Waals surface area contributed by atoms with Crippen LogP contribution < -0.4 is 10.1 Å². The number of rotatable bonds is 5. The van der Waals surface area contributed by atoms with E-state index in [0.29, 0.717) is 30.4 Å². The van der Waals surface area contributed by atoms with E-state index in [1.807, 2.05) is 32.0 Å². The summed E-state index contributed by atoms with van der Waals surface area (Å²) in [6, 6.07) is 10.1. The SMILES string of the molecule is COc1ccc(S(=O)(=O)N2CCC(C)CC2)cc1C(=O)Nc1ccc(C)c(C)c1. The molecule has 29 heavy (non-hydrogen) atoms. The zero-order valence-corrected chi connectivity index (χ0v) is 18.2. The molecular formula is C22H28N2O4S. The molecule has 0 radical (unpaired) electrons. The molecule has 6 nitrogen and oxygen atoms in total. The number of hydrogen-bond donors (Lipinski definition) is 1. The fourth-order valence-electron chi connectivity index (χ4n) is 3.42. The summed E-state index contributed by atoms with van der Waals surface area (Å²) in [4.78, 5) is 13.0. The second kappa shape index (κ2) is 8.55. The van der Waals surface area contributed by atoms with Crippen molar-refractivity contribution in [3.05, 3.63) is 53.1 Å². The largest absolute Gasteiger partial charge is 0.496 e. The van der Waals surface area contributed by atoms with Crippen molar-refractivity contribution in [1.82, 2.24) is 4.31 Å². The van der Waals surface area contributed by atoms with Crippen LogP contribution in [0.3, 0.4) is 0 Å². The quantitative estimate of drug-likeness (QED) is 0.800. The molecule has 156 valence electrons. The molecule has 3 rings (SSSR count). The van der Waals surface area contributed by atoms with Gasteiger partial charge in [-0.15, -0.1) is 0 Å². The molecule has 0 atom stereocenters. The third-order valence-electron chi connectivity index (χ3n) is 5.56. The van der Waals surface area contributed by atoms with E-state index >= 15 is 0 Å². The van der Waals surface area contributed by atoms with Crippen molar-refractivity contribution >= 4 is 21.6 Å². The third kappa shape index (κ3) is 4.62. The Morgan fingerprint density at radius 1 is 1.07 bits per heavy atom. The highest BCUT2D eigenvalue weighted by molar-refractivity contribution is 7.89. The van der Waals surface area contributed by atoms with Crippen LogP contribution in [0.4, 0.5) is 5.69 Å². The van der Waals surface area contributed by atoms with Gasteiger partial charge in [0.15, 0.2) is 0 Å². The second-order valence-corrected chi connectivity index (χ2v) is 9.64. The van der Waals surface area contributed by atoms with Gasteiger partial charge in [0.05, 0.1) is 17.6 Å². The summed E-state index contributed by atoms with van der Waals surface area (Å²) in [5.74, 6) is 0.448. The van der Waals surface area contributed by atoms with Crippen molar-refractivity contribution in [3.8, 4) is 5.75 Å². The molecule has 1 heterocycles. The first-order valence-electron chi connectivity index (χ1n) is 9.79. The van der Waals surface area contributed by atoms with E-state index in [2.05, 4.69) is 12.2 Å². The molecule has 1 aliphatic heterocycles. The fraction of sp³-hybridized carbons (Fsp3) is 0.409. The molecule has 0 aliphatic carbocycles. The smallest absolute Gasteiger partial charge is 0.259 e. The van der Waals surface area contributed by atoms with Crippen LogP contribution in [-0.4, -0.2) is 38.8 Å². The molecule has 2 aromatic rings. The Balaban J connectivity index is 1.90. The molecule has 7 heteroatoms. The van der Waals surface area contributed by atoms with Crippen molar-refractivity contribution in [3.63, 3.8) is 0 Å². The number of nitrogens with zero attached hydrogens (tertiary/aromatic N) is 1. The third-order valence-corrected chi connectivity index (χ3v) is 7.46. The molecule has 0 unspecified atom stereocenters. The van der Waals surface area contributed by atoms with Gasteiger partial charge in [0.2, 0.25) is 10.0 Å². The number of sulfonamides is 1. The monoisotopic (exact) mass is 416 g/mol. The van der Waals surface area contributed by atoms with Crippen LogP contribution in [0, 0.1) is 19.8 Å². The predicted octanol–water partition coefficient (Wildman–Crippen LogP) is 3.98. The van der Waals surface area contributed by atoms with Gasteiger partial charge in [-0.25, -0.2) is 8.42 Å². The zero-order valence-electron chi connectivity index (χ0n) is 17.4. The predicted molar refractivity (Wildman–Crippen MR) is 114 cm³/mol. The molecule has 0 spiro atoms. The zero-order chi connectivity index (χ0) is 21.2. The average Bonchev–Trinajstić information content (AvgIpc) is 2.70. The minimum Gasteiger partial charge on any atom is -0.496 e. The number of aryl methyl sites for hydroxylation is 2. The Morgan fingerprint density at radius 3 is 2.38 bits per heavy atom. The van der Waals surface area contributed by atoms with Crippen LogP contribution in [0.5, 0.6) is 5.75 Å². The van der Waals surface area contributed by atoms with Gasteiger partial charge in [-0.05, 0) is 74.1 Å². The summed E-state index contributed by atoms with van der Waals surface area (Å²) < 4.78 is 32.9. The fourth-order valence-corrected chi connectivity index (χ4v) is 4.91. The summed E-state index contributed by atoms with van der Waals surface area (Å²) >= 11 is 0. The Kier molecular flexibility index (Phi) is 6.29. The van der Waals surface area contributed by atoms with Gasteiger partial charge in [-0.3, -0.25) is 4.79 Å². The number of anilines is 1. The van der Waals surface area contributed by atoms with Crippen LogP contribution in [0.15, 0.2) is 41.3 Å². The minimum absolute atomic E-state index is 0.109. The molecule has 1 amide bonds. The summed E-state index contributed by atoms with van der Waals surface area (Å²) in [5.41, 5.74) is 3.03. The molecule has 2 aromatic carbocycles. The standard InChI is InChI=1S/C22H28N2O4S/c1-15-9-11-24(12-10-15)29(26,27)19-7-8-21(28-4)20(14-19)22(25)23-18-6-5-16(2)17(3)13-18/h5-8,13-15H,9-12H2,1-4H3,(H,23,25). The van der Waals surface area contributed by atoms with Gasteiger partial charge in [-0.2, -0.15) is 4.31 Å². The lowest BCUT2D eigenvalue weighted by Gasteiger charge is -2.29. The Bertz CT molecular complexity index is 1010. The first-order chi connectivity index (χ1) is 13.7. The highest BCUT2D eigenvalue weighted by Gasteiger charge is 2.29. The van der Waals surface area contributed by atoms with E-state index < -0.39 is 15.9 Å². The Morgan fingerprint density at radius 2 is 1.76 bits per heavy atom. The Labute approximate surface area is 172 Å². The maximum absolute atomic E-state index is 13.1. The maximum Gasteiger partial charge on any atom is 0.259 e. The number of carbonyl (C=O) groups is 1. The van der Waals surface area contributed by atoms with Crippen LogP contribution in [0.25, 0.3) is 0 Å². The topological polar surface area (TPSA) is 75.7 Å². The van der Waals surface area contributed by atoms with Crippen molar-refractivity contribution in [2.24, 2.45) is 5.92 Å². The molecule has 0 saturated carbocycles. The molecule has 1 saturated heterocycles. The highest BCUT2D eigenvalue weighted by atomic mass is 32.2. The lowest BCUT2D eigenvalue weighted by atomic mass is 10.0. The van der Waals surface area contributed by atoms with Gasteiger partial charge in [-0.1, -0.05) is 13.0 Å². The number of methoxy groups -OCH3 is 1. The summed E-state index contributed by atoms with van der Waals surface area (Å²) in [6.07, 6.45) is 1.69. The minimum atomic E-state index is -3.65. The number of piperidine rings is 1. The Hall–Kier alpha value is -2.38. The van der Waals surface area contributed by atoms with Crippen LogP contribution in [-0.2, 0) is 10.0 Å². The van der Waals surface area contributed by atoms with E-state index in [9.17, 15) is 13.2 Å². The first kappa shape index (κ1) is 21.3. The second-order valence-electron chi connectivity index (χ2n) is 7.70. The number of nitrogens with one attached hydrogen (secondary N) is 1. The van der Waals surface area contributed by atoms with E-state index in [0.717, 1.165) is 24.0 Å². The number of hydrogen-bond acceptors (Lipinski definition) is 4. The van der Waals surface area contributed by atoms with Crippen molar-refractivity contribution in [2.75, 3.05) is 25.5 Å². The van der Waals surface area contributed by atoms with E-state index in [4.69, 9.17) is 4.74 Å². The lowest BCUT2D eigenvalue weighted by Crippen LogP contribution is -2.37. The number of carbonyl (C=O) groups excluding carboxylic acids is 1. The maximum atomic E-state index is 13.1. The number of amides is 1. The molecule has 1 aliphatic rings. The van der Waals surface area contributed by atoms with Gasteiger partial charge in [0, 0.05) is 18.8 Å². The molecular weight excluding hydrogens is 388 g/mol. The van der Waals surface area contributed by atoms with Gasteiger partial charge >= 0.3 is 0 Å². The van der Waals surface area contributed by atoms with E-state index in [1.165, 1.54) is 29.6 Å². The normalized spacial score (nSPS) is 15.9. The van der Waals surface area contributed by atoms with Crippen LogP contribution >= 0.6 is 0 Å². The van der Waals surface area contributed by atoms with Gasteiger partial charge < -0.3 is 10.1 Å². The van der Waals surface area contributed by atoms with Crippen molar-refractivity contribution < 1.29 is 17.9 Å². The lowest BCUT2D eigenvalue weighted by molar-refractivity contribution is 0.102. The molecule has 0 aromatic heterocycles. The molecule has 0 bridgehead atoms. The molecule has 1 N–H and O–H groups in total. The van der Waals surface area contributed by atoms with Crippen LogP contribution in [0.1, 0.15) is 41.3 Å². The van der Waals surface area contributed by atoms with Crippen molar-refractivity contribution in [1.29, 1.82) is 0 Å². The molecule has 1 fully saturated rings. The number of benzene rings is 2. The summed E-state index contributed by atoms with van der Waals surface area (Å²) in [7, 11) is -2.19. The van der Waals surface area contributed by atoms with Gasteiger partial charge in [0.25, 0.3) is 5.91 Å². The summed E-state index contributed by atoms with van der Waals surface area (Å²) in [6.45, 7) is 7.10.